The molecule has 1 N–H and O–H groups in total. The summed E-state index contributed by atoms with van der Waals surface area (Å²) in [7, 11) is -3.09. The number of carbonyl (C=O) groups is 1. The van der Waals surface area contributed by atoms with Crippen LogP contribution in [0.5, 0.6) is 0 Å². The van der Waals surface area contributed by atoms with Crippen LogP contribution in [0.3, 0.4) is 0 Å². The van der Waals surface area contributed by atoms with Crippen molar-refractivity contribution in [1.29, 1.82) is 0 Å². The Hall–Kier alpha value is -0.660. The van der Waals surface area contributed by atoms with Gasteiger partial charge in [-0.05, 0) is 26.7 Å². The molecular weight excluding hydrogens is 266 g/mol. The van der Waals surface area contributed by atoms with Crippen molar-refractivity contribution in [2.24, 2.45) is 0 Å². The Morgan fingerprint density at radius 2 is 1.84 bits per heavy atom. The topological polar surface area (TPSA) is 69.7 Å². The summed E-state index contributed by atoms with van der Waals surface area (Å²) in [6, 6.07) is 0.198. The van der Waals surface area contributed by atoms with Crippen LogP contribution < -0.4 is 5.32 Å². The molecule has 1 heterocycles. The molecule has 1 unspecified atom stereocenters. The molecule has 19 heavy (non-hydrogen) atoms. The molecule has 2 fully saturated rings. The number of sulfonamides is 1. The third kappa shape index (κ3) is 3.67. The van der Waals surface area contributed by atoms with Crippen molar-refractivity contribution in [3.63, 3.8) is 0 Å². The van der Waals surface area contributed by atoms with E-state index in [-0.39, 0.29) is 17.7 Å². The van der Waals surface area contributed by atoms with E-state index < -0.39 is 10.0 Å². The lowest BCUT2D eigenvalue weighted by atomic mass is 10.2. The van der Waals surface area contributed by atoms with Crippen molar-refractivity contribution >= 4 is 15.9 Å². The average molecular weight is 289 g/mol. The Balaban J connectivity index is 1.83. The van der Waals surface area contributed by atoms with Gasteiger partial charge in [0.05, 0.1) is 11.8 Å². The standard InChI is InChI=1S/C12H23N3O3S/c1-3-19(17,18)15-8-6-14(7-9-15)10(2)12(16)13-11-4-5-11/h10-11H,3-9H2,1-2H3,(H,13,16). The number of nitrogens with zero attached hydrogens (tertiary/aromatic N) is 2. The van der Waals surface area contributed by atoms with Gasteiger partial charge in [-0.2, -0.15) is 4.31 Å². The smallest absolute Gasteiger partial charge is 0.237 e. The number of carbonyl (C=O) groups excluding carboxylic acids is 1. The summed E-state index contributed by atoms with van der Waals surface area (Å²) in [6.45, 7) is 5.76. The number of hydrogen-bond donors (Lipinski definition) is 1. The van der Waals surface area contributed by atoms with Crippen LogP contribution in [0.15, 0.2) is 0 Å². The molecule has 1 saturated carbocycles. The lowest BCUT2D eigenvalue weighted by Crippen LogP contribution is -2.55. The van der Waals surface area contributed by atoms with Crippen molar-refractivity contribution in [2.75, 3.05) is 31.9 Å². The molecule has 0 aromatic rings. The van der Waals surface area contributed by atoms with E-state index >= 15 is 0 Å². The predicted octanol–water partition coefficient (Wildman–Crippen LogP) is -0.379. The highest BCUT2D eigenvalue weighted by Gasteiger charge is 2.32. The van der Waals surface area contributed by atoms with E-state index in [2.05, 4.69) is 10.2 Å². The van der Waals surface area contributed by atoms with Crippen LogP contribution in [-0.4, -0.2) is 67.5 Å². The van der Waals surface area contributed by atoms with Gasteiger partial charge in [0.25, 0.3) is 0 Å². The zero-order valence-electron chi connectivity index (χ0n) is 11.6. The second-order valence-electron chi connectivity index (χ2n) is 5.29. The Bertz CT molecular complexity index is 426. The summed E-state index contributed by atoms with van der Waals surface area (Å²) < 4.78 is 25.0. The number of amides is 1. The van der Waals surface area contributed by atoms with Gasteiger partial charge in [-0.1, -0.05) is 0 Å². The predicted molar refractivity (Wildman–Crippen MR) is 73.2 cm³/mol. The molecule has 1 atom stereocenters. The minimum atomic E-state index is -3.09. The Labute approximate surface area is 115 Å². The number of rotatable bonds is 5. The molecule has 0 radical (unpaired) electrons. The molecule has 0 spiro atoms. The van der Waals surface area contributed by atoms with E-state index in [1.165, 1.54) is 4.31 Å². The van der Waals surface area contributed by atoms with Gasteiger partial charge in [0, 0.05) is 32.2 Å². The number of piperazine rings is 1. The zero-order chi connectivity index (χ0) is 14.0. The molecule has 6 nitrogen and oxygen atoms in total. The Kier molecular flexibility index (Phi) is 4.47. The summed E-state index contributed by atoms with van der Waals surface area (Å²) in [4.78, 5) is 14.0. The van der Waals surface area contributed by atoms with Gasteiger partial charge in [0.1, 0.15) is 0 Å². The van der Waals surface area contributed by atoms with Crippen LogP contribution in [0.4, 0.5) is 0 Å². The van der Waals surface area contributed by atoms with E-state index in [4.69, 9.17) is 0 Å². The molecule has 2 rings (SSSR count). The van der Waals surface area contributed by atoms with Crippen LogP contribution in [0, 0.1) is 0 Å². The number of hydrogen-bond acceptors (Lipinski definition) is 4. The summed E-state index contributed by atoms with van der Waals surface area (Å²) in [5.74, 6) is 0.208. The molecule has 7 heteroatoms. The first-order chi connectivity index (χ1) is 8.94. The van der Waals surface area contributed by atoms with Gasteiger partial charge in [-0.3, -0.25) is 9.69 Å². The maximum atomic E-state index is 11.9. The van der Waals surface area contributed by atoms with Crippen LogP contribution >= 0.6 is 0 Å². The molecule has 1 amide bonds. The summed E-state index contributed by atoms with van der Waals surface area (Å²) in [6.07, 6.45) is 2.17. The maximum Gasteiger partial charge on any atom is 0.237 e. The second-order valence-corrected chi connectivity index (χ2v) is 7.55. The first kappa shape index (κ1) is 14.7. The van der Waals surface area contributed by atoms with Gasteiger partial charge >= 0.3 is 0 Å². The molecule has 1 aliphatic carbocycles. The largest absolute Gasteiger partial charge is 0.352 e. The van der Waals surface area contributed by atoms with E-state index in [1.807, 2.05) is 6.92 Å². The van der Waals surface area contributed by atoms with Gasteiger partial charge in [-0.15, -0.1) is 0 Å². The van der Waals surface area contributed by atoms with Gasteiger partial charge in [0.15, 0.2) is 0 Å². The second kappa shape index (κ2) is 5.76. The Morgan fingerprint density at radius 1 is 1.26 bits per heavy atom. The average Bonchev–Trinajstić information content (AvgIpc) is 3.22. The minimum Gasteiger partial charge on any atom is -0.352 e. The van der Waals surface area contributed by atoms with Gasteiger partial charge in [0.2, 0.25) is 15.9 Å². The third-order valence-electron chi connectivity index (χ3n) is 3.88. The van der Waals surface area contributed by atoms with E-state index in [0.29, 0.717) is 32.2 Å². The van der Waals surface area contributed by atoms with Crippen LogP contribution in [0.2, 0.25) is 0 Å². The lowest BCUT2D eigenvalue weighted by molar-refractivity contribution is -0.126. The van der Waals surface area contributed by atoms with Crippen molar-refractivity contribution in [3.05, 3.63) is 0 Å². The molecule has 1 aliphatic heterocycles. The summed E-state index contributed by atoms with van der Waals surface area (Å²) >= 11 is 0. The van der Waals surface area contributed by atoms with Crippen molar-refractivity contribution in [1.82, 2.24) is 14.5 Å². The third-order valence-corrected chi connectivity index (χ3v) is 5.76. The first-order valence-electron chi connectivity index (χ1n) is 6.96. The maximum absolute atomic E-state index is 11.9. The van der Waals surface area contributed by atoms with Crippen LogP contribution in [-0.2, 0) is 14.8 Å². The quantitative estimate of drug-likeness (QED) is 0.749. The molecular formula is C12H23N3O3S. The van der Waals surface area contributed by atoms with Crippen molar-refractivity contribution < 1.29 is 13.2 Å². The van der Waals surface area contributed by atoms with Crippen LogP contribution in [0.1, 0.15) is 26.7 Å². The molecule has 2 aliphatic rings. The van der Waals surface area contributed by atoms with E-state index in [9.17, 15) is 13.2 Å². The molecule has 0 bridgehead atoms. The molecule has 110 valence electrons. The first-order valence-corrected chi connectivity index (χ1v) is 8.57. The molecule has 0 aromatic heterocycles. The van der Waals surface area contributed by atoms with Crippen LogP contribution in [0.25, 0.3) is 0 Å². The van der Waals surface area contributed by atoms with E-state index in [1.54, 1.807) is 6.92 Å². The lowest BCUT2D eigenvalue weighted by Gasteiger charge is -2.36. The zero-order valence-corrected chi connectivity index (χ0v) is 12.4. The van der Waals surface area contributed by atoms with E-state index in [0.717, 1.165) is 12.8 Å². The fraction of sp³-hybridized carbons (Fsp3) is 0.917. The monoisotopic (exact) mass is 289 g/mol. The SMILES string of the molecule is CCS(=O)(=O)N1CCN(C(C)C(=O)NC2CC2)CC1. The number of nitrogens with one attached hydrogen (secondary N) is 1. The normalized spacial score (nSPS) is 24.1. The molecule has 0 aromatic carbocycles. The van der Waals surface area contributed by atoms with Crippen molar-refractivity contribution in [2.45, 2.75) is 38.8 Å². The Morgan fingerprint density at radius 3 is 2.32 bits per heavy atom. The fourth-order valence-electron chi connectivity index (χ4n) is 2.27. The van der Waals surface area contributed by atoms with Gasteiger partial charge < -0.3 is 5.32 Å². The summed E-state index contributed by atoms with van der Waals surface area (Å²) in [5, 5.41) is 2.99. The highest BCUT2D eigenvalue weighted by atomic mass is 32.2. The highest BCUT2D eigenvalue weighted by Crippen LogP contribution is 2.19. The summed E-state index contributed by atoms with van der Waals surface area (Å²) in [5.41, 5.74) is 0. The van der Waals surface area contributed by atoms with Crippen molar-refractivity contribution in [3.8, 4) is 0 Å². The fourth-order valence-corrected chi connectivity index (χ4v) is 3.35. The molecule has 1 saturated heterocycles. The van der Waals surface area contributed by atoms with Gasteiger partial charge in [-0.25, -0.2) is 8.42 Å². The minimum absolute atomic E-state index is 0.0642. The highest BCUT2D eigenvalue weighted by molar-refractivity contribution is 7.89.